The third-order valence-corrected chi connectivity index (χ3v) is 2.72. The van der Waals surface area contributed by atoms with Crippen LogP contribution in [-0.4, -0.2) is 16.2 Å². The Labute approximate surface area is 116 Å². The second kappa shape index (κ2) is 6.26. The average Bonchev–Trinajstić information content (AvgIpc) is 2.85. The number of nitrogen functional groups attached to an aromatic ring is 1. The van der Waals surface area contributed by atoms with E-state index in [1.54, 1.807) is 16.7 Å². The SMILES string of the molecule is N#Cc1ncn(CCCOc2cccc(N)c2)c1C#N. The molecular weight excluding hydrogens is 254 g/mol. The first-order chi connectivity index (χ1) is 9.74. The summed E-state index contributed by atoms with van der Waals surface area (Å²) in [4.78, 5) is 3.88. The van der Waals surface area contributed by atoms with E-state index in [4.69, 9.17) is 21.0 Å². The van der Waals surface area contributed by atoms with Crippen molar-refractivity contribution in [1.82, 2.24) is 9.55 Å². The Hall–Kier alpha value is -2.99. The number of aromatic nitrogens is 2. The van der Waals surface area contributed by atoms with Gasteiger partial charge in [0, 0.05) is 18.3 Å². The molecule has 2 rings (SSSR count). The van der Waals surface area contributed by atoms with Gasteiger partial charge in [-0.3, -0.25) is 0 Å². The van der Waals surface area contributed by atoms with E-state index in [2.05, 4.69) is 4.98 Å². The number of ether oxygens (including phenoxy) is 1. The molecule has 100 valence electrons. The van der Waals surface area contributed by atoms with E-state index in [0.717, 1.165) is 0 Å². The molecule has 20 heavy (non-hydrogen) atoms. The maximum absolute atomic E-state index is 8.98. The first-order valence-electron chi connectivity index (χ1n) is 6.08. The largest absolute Gasteiger partial charge is 0.493 e. The lowest BCUT2D eigenvalue weighted by Gasteiger charge is -2.07. The number of rotatable bonds is 5. The van der Waals surface area contributed by atoms with Crippen LogP contribution in [0.3, 0.4) is 0 Å². The summed E-state index contributed by atoms with van der Waals surface area (Å²) in [5.41, 5.74) is 6.75. The van der Waals surface area contributed by atoms with Crippen molar-refractivity contribution in [2.24, 2.45) is 0 Å². The fourth-order valence-electron chi connectivity index (χ4n) is 1.78. The number of nitriles is 2. The molecule has 1 heterocycles. The highest BCUT2D eigenvalue weighted by atomic mass is 16.5. The monoisotopic (exact) mass is 267 g/mol. The van der Waals surface area contributed by atoms with Crippen LogP contribution in [0.5, 0.6) is 5.75 Å². The third kappa shape index (κ3) is 3.06. The van der Waals surface area contributed by atoms with Crippen molar-refractivity contribution in [2.75, 3.05) is 12.3 Å². The summed E-state index contributed by atoms with van der Waals surface area (Å²) in [6, 6.07) is 11.1. The van der Waals surface area contributed by atoms with Gasteiger partial charge in [-0.1, -0.05) is 6.07 Å². The summed E-state index contributed by atoms with van der Waals surface area (Å²) in [6.07, 6.45) is 2.20. The van der Waals surface area contributed by atoms with Crippen molar-refractivity contribution in [3.63, 3.8) is 0 Å². The zero-order valence-corrected chi connectivity index (χ0v) is 10.8. The minimum atomic E-state index is 0.157. The van der Waals surface area contributed by atoms with Gasteiger partial charge >= 0.3 is 0 Å². The molecule has 2 aromatic rings. The molecule has 1 aromatic heterocycles. The number of hydrogen-bond acceptors (Lipinski definition) is 5. The molecule has 0 bridgehead atoms. The van der Waals surface area contributed by atoms with Gasteiger partial charge in [-0.05, 0) is 18.6 Å². The normalized spacial score (nSPS) is 9.70. The molecule has 0 aliphatic carbocycles. The fraction of sp³-hybridized carbons (Fsp3) is 0.214. The summed E-state index contributed by atoms with van der Waals surface area (Å²) in [5, 5.41) is 17.8. The molecule has 0 aliphatic rings. The van der Waals surface area contributed by atoms with Gasteiger partial charge in [-0.25, -0.2) is 4.98 Å². The molecule has 0 amide bonds. The van der Waals surface area contributed by atoms with Crippen molar-refractivity contribution in [1.29, 1.82) is 10.5 Å². The van der Waals surface area contributed by atoms with Crippen LogP contribution in [0.2, 0.25) is 0 Å². The highest BCUT2D eigenvalue weighted by Crippen LogP contribution is 2.14. The second-order valence-electron chi connectivity index (χ2n) is 4.13. The summed E-state index contributed by atoms with van der Waals surface area (Å²) in [7, 11) is 0. The standard InChI is InChI=1S/C14H13N5O/c15-8-13-14(9-16)19(10-18-13)5-2-6-20-12-4-1-3-11(17)7-12/h1,3-4,7,10H,2,5-6,17H2. The number of hydrogen-bond donors (Lipinski definition) is 1. The van der Waals surface area contributed by atoms with Crippen LogP contribution >= 0.6 is 0 Å². The molecule has 0 spiro atoms. The number of aryl methyl sites for hydroxylation is 1. The number of nitrogens with zero attached hydrogens (tertiary/aromatic N) is 4. The molecule has 0 radical (unpaired) electrons. The van der Waals surface area contributed by atoms with Crippen LogP contribution in [-0.2, 0) is 6.54 Å². The van der Waals surface area contributed by atoms with Crippen LogP contribution < -0.4 is 10.5 Å². The third-order valence-electron chi connectivity index (χ3n) is 2.72. The quantitative estimate of drug-likeness (QED) is 0.656. The van der Waals surface area contributed by atoms with E-state index in [-0.39, 0.29) is 11.4 Å². The van der Waals surface area contributed by atoms with Gasteiger partial charge in [0.05, 0.1) is 12.9 Å². The Morgan fingerprint density at radius 3 is 2.85 bits per heavy atom. The summed E-state index contributed by atoms with van der Waals surface area (Å²) in [6.45, 7) is 1.06. The zero-order chi connectivity index (χ0) is 14.4. The molecule has 2 N–H and O–H groups in total. The predicted molar refractivity (Wildman–Crippen MR) is 72.6 cm³/mol. The molecule has 6 nitrogen and oxygen atoms in total. The molecule has 0 unspecified atom stereocenters. The number of benzene rings is 1. The van der Waals surface area contributed by atoms with Crippen molar-refractivity contribution in [2.45, 2.75) is 13.0 Å². The van der Waals surface area contributed by atoms with Gasteiger partial charge in [-0.2, -0.15) is 10.5 Å². The van der Waals surface area contributed by atoms with E-state index in [1.165, 1.54) is 6.33 Å². The molecule has 0 saturated carbocycles. The Morgan fingerprint density at radius 2 is 2.15 bits per heavy atom. The van der Waals surface area contributed by atoms with Crippen molar-refractivity contribution >= 4 is 5.69 Å². The van der Waals surface area contributed by atoms with E-state index in [0.29, 0.717) is 31.0 Å². The summed E-state index contributed by atoms with van der Waals surface area (Å²) < 4.78 is 7.21. The van der Waals surface area contributed by atoms with Crippen LogP contribution in [0, 0.1) is 22.7 Å². The lowest BCUT2D eigenvalue weighted by Crippen LogP contribution is -2.05. The van der Waals surface area contributed by atoms with Gasteiger partial charge in [0.15, 0.2) is 11.4 Å². The minimum absolute atomic E-state index is 0.157. The number of anilines is 1. The summed E-state index contributed by atoms with van der Waals surface area (Å²) in [5.74, 6) is 0.717. The number of imidazole rings is 1. The Bertz CT molecular complexity index is 678. The lowest BCUT2D eigenvalue weighted by atomic mass is 10.3. The lowest BCUT2D eigenvalue weighted by molar-refractivity contribution is 0.301. The fourth-order valence-corrected chi connectivity index (χ4v) is 1.78. The van der Waals surface area contributed by atoms with Gasteiger partial charge in [0.1, 0.15) is 17.9 Å². The molecule has 0 aliphatic heterocycles. The first kappa shape index (κ1) is 13.4. The molecule has 6 heteroatoms. The van der Waals surface area contributed by atoms with Gasteiger partial charge in [0.25, 0.3) is 0 Å². The highest BCUT2D eigenvalue weighted by Gasteiger charge is 2.09. The van der Waals surface area contributed by atoms with Crippen LogP contribution in [0.4, 0.5) is 5.69 Å². The van der Waals surface area contributed by atoms with Crippen LogP contribution in [0.1, 0.15) is 17.8 Å². The van der Waals surface area contributed by atoms with E-state index in [1.807, 2.05) is 24.3 Å². The van der Waals surface area contributed by atoms with Crippen molar-refractivity contribution in [3.05, 3.63) is 42.0 Å². The van der Waals surface area contributed by atoms with Gasteiger partial charge in [0.2, 0.25) is 0 Å². The Morgan fingerprint density at radius 1 is 1.30 bits per heavy atom. The van der Waals surface area contributed by atoms with E-state index in [9.17, 15) is 0 Å². The Balaban J connectivity index is 1.87. The highest BCUT2D eigenvalue weighted by molar-refractivity contribution is 5.43. The van der Waals surface area contributed by atoms with Crippen molar-refractivity contribution in [3.8, 4) is 17.9 Å². The minimum Gasteiger partial charge on any atom is -0.493 e. The first-order valence-corrected chi connectivity index (χ1v) is 6.08. The second-order valence-corrected chi connectivity index (χ2v) is 4.13. The smallest absolute Gasteiger partial charge is 0.176 e. The summed E-state index contributed by atoms with van der Waals surface area (Å²) >= 11 is 0. The Kier molecular flexibility index (Phi) is 4.21. The molecular formula is C14H13N5O. The predicted octanol–water partition coefficient (Wildman–Crippen LogP) is 1.68. The molecule has 0 saturated heterocycles. The number of nitrogens with two attached hydrogens (primary N) is 1. The van der Waals surface area contributed by atoms with Crippen molar-refractivity contribution < 1.29 is 4.74 Å². The van der Waals surface area contributed by atoms with Gasteiger partial charge in [-0.15, -0.1) is 0 Å². The van der Waals surface area contributed by atoms with E-state index >= 15 is 0 Å². The van der Waals surface area contributed by atoms with Crippen LogP contribution in [0.25, 0.3) is 0 Å². The maximum atomic E-state index is 8.98. The van der Waals surface area contributed by atoms with Gasteiger partial charge < -0.3 is 15.0 Å². The van der Waals surface area contributed by atoms with E-state index < -0.39 is 0 Å². The zero-order valence-electron chi connectivity index (χ0n) is 10.8. The maximum Gasteiger partial charge on any atom is 0.176 e. The topological polar surface area (TPSA) is 101 Å². The average molecular weight is 267 g/mol. The molecule has 0 atom stereocenters. The molecule has 0 fully saturated rings. The van der Waals surface area contributed by atoms with Crippen LogP contribution in [0.15, 0.2) is 30.6 Å². The molecule has 1 aromatic carbocycles.